The van der Waals surface area contributed by atoms with Gasteiger partial charge in [-0.15, -0.1) is 0 Å². The van der Waals surface area contributed by atoms with Crippen LogP contribution in [0.2, 0.25) is 0 Å². The van der Waals surface area contributed by atoms with E-state index < -0.39 is 6.04 Å². The van der Waals surface area contributed by atoms with E-state index in [9.17, 15) is 9.59 Å². The van der Waals surface area contributed by atoms with Gasteiger partial charge in [0.15, 0.2) is 0 Å². The number of nitrogen functional groups attached to an aromatic ring is 1. The summed E-state index contributed by atoms with van der Waals surface area (Å²) in [6, 6.07) is 14.9. The SMILES string of the molecule is Nc1ccc2c(c1)CCCC2NC(=O)[C@H]1COCC(=O)N1Cc1ccccc1. The first-order valence-corrected chi connectivity index (χ1v) is 9.71. The number of nitrogens with zero attached hydrogens (tertiary/aromatic N) is 1. The molecule has 6 heteroatoms. The maximum Gasteiger partial charge on any atom is 0.249 e. The Morgan fingerprint density at radius 2 is 2.04 bits per heavy atom. The number of amides is 2. The van der Waals surface area contributed by atoms with Crippen molar-refractivity contribution in [3.63, 3.8) is 0 Å². The standard InChI is InChI=1S/C22H25N3O3/c23-17-9-10-18-16(11-17)7-4-8-19(18)24-22(27)20-13-28-14-21(26)25(20)12-15-5-2-1-3-6-15/h1-3,5-6,9-11,19-20H,4,7-8,12-14,23H2,(H,24,27)/t19?,20-/m1/s1. The molecule has 2 aliphatic rings. The number of anilines is 1. The Labute approximate surface area is 164 Å². The molecule has 2 amide bonds. The molecule has 0 radical (unpaired) electrons. The van der Waals surface area contributed by atoms with Gasteiger partial charge in [-0.3, -0.25) is 9.59 Å². The van der Waals surface area contributed by atoms with Gasteiger partial charge in [-0.2, -0.15) is 0 Å². The molecule has 1 aliphatic heterocycles. The lowest BCUT2D eigenvalue weighted by molar-refractivity contribution is -0.156. The first-order chi connectivity index (χ1) is 13.6. The highest BCUT2D eigenvalue weighted by Gasteiger charge is 2.35. The van der Waals surface area contributed by atoms with Gasteiger partial charge in [0.25, 0.3) is 0 Å². The number of carbonyl (C=O) groups is 2. The number of nitrogens with one attached hydrogen (secondary N) is 1. The molecule has 2 aromatic carbocycles. The van der Waals surface area contributed by atoms with Gasteiger partial charge in [0.2, 0.25) is 11.8 Å². The van der Waals surface area contributed by atoms with Gasteiger partial charge in [0, 0.05) is 12.2 Å². The predicted molar refractivity (Wildman–Crippen MR) is 106 cm³/mol. The molecule has 4 rings (SSSR count). The van der Waals surface area contributed by atoms with E-state index in [4.69, 9.17) is 10.5 Å². The highest BCUT2D eigenvalue weighted by atomic mass is 16.5. The monoisotopic (exact) mass is 379 g/mol. The second-order valence-corrected chi connectivity index (χ2v) is 7.45. The minimum Gasteiger partial charge on any atom is -0.399 e. The molecule has 0 aromatic heterocycles. The molecule has 1 heterocycles. The predicted octanol–water partition coefficient (Wildman–Crippen LogP) is 2.19. The van der Waals surface area contributed by atoms with Crippen LogP contribution in [0.4, 0.5) is 5.69 Å². The van der Waals surface area contributed by atoms with E-state index in [1.165, 1.54) is 5.56 Å². The van der Waals surface area contributed by atoms with Crippen LogP contribution < -0.4 is 11.1 Å². The third kappa shape index (κ3) is 3.87. The van der Waals surface area contributed by atoms with E-state index in [-0.39, 0.29) is 31.1 Å². The molecule has 3 N–H and O–H groups in total. The van der Waals surface area contributed by atoms with Crippen molar-refractivity contribution in [1.82, 2.24) is 10.2 Å². The van der Waals surface area contributed by atoms with Gasteiger partial charge in [-0.1, -0.05) is 36.4 Å². The third-order valence-corrected chi connectivity index (χ3v) is 5.49. The largest absolute Gasteiger partial charge is 0.399 e. The number of aryl methyl sites for hydroxylation is 1. The number of fused-ring (bicyclic) bond motifs is 1. The van der Waals surface area contributed by atoms with Crippen LogP contribution in [0.5, 0.6) is 0 Å². The third-order valence-electron chi connectivity index (χ3n) is 5.49. The molecular weight excluding hydrogens is 354 g/mol. The first kappa shape index (κ1) is 18.5. The second kappa shape index (κ2) is 8.02. The van der Waals surface area contributed by atoms with Gasteiger partial charge in [0.05, 0.1) is 12.6 Å². The zero-order chi connectivity index (χ0) is 19.5. The summed E-state index contributed by atoms with van der Waals surface area (Å²) in [5.74, 6) is -0.328. The van der Waals surface area contributed by atoms with E-state index in [0.29, 0.717) is 6.54 Å². The summed E-state index contributed by atoms with van der Waals surface area (Å²) in [5.41, 5.74) is 9.95. The van der Waals surface area contributed by atoms with E-state index >= 15 is 0 Å². The number of carbonyl (C=O) groups excluding carboxylic acids is 2. The highest BCUT2D eigenvalue weighted by Crippen LogP contribution is 2.31. The smallest absolute Gasteiger partial charge is 0.249 e. The Morgan fingerprint density at radius 3 is 2.86 bits per heavy atom. The van der Waals surface area contributed by atoms with Crippen molar-refractivity contribution in [2.24, 2.45) is 0 Å². The number of hydrogen-bond acceptors (Lipinski definition) is 4. The fourth-order valence-corrected chi connectivity index (χ4v) is 4.05. The summed E-state index contributed by atoms with van der Waals surface area (Å²) in [6.07, 6.45) is 2.84. The Kier molecular flexibility index (Phi) is 5.30. The van der Waals surface area contributed by atoms with Crippen molar-refractivity contribution in [2.75, 3.05) is 18.9 Å². The average molecular weight is 379 g/mol. The van der Waals surface area contributed by atoms with Crippen LogP contribution in [-0.2, 0) is 27.3 Å². The maximum atomic E-state index is 13.1. The van der Waals surface area contributed by atoms with Crippen molar-refractivity contribution in [3.05, 3.63) is 65.2 Å². The summed E-state index contributed by atoms with van der Waals surface area (Å²) in [6.45, 7) is 0.632. The minimum absolute atomic E-state index is 0.0160. The van der Waals surface area contributed by atoms with E-state index in [1.807, 2.05) is 48.5 Å². The molecule has 1 aliphatic carbocycles. The van der Waals surface area contributed by atoms with Crippen LogP contribution in [0.25, 0.3) is 0 Å². The van der Waals surface area contributed by atoms with Crippen molar-refractivity contribution in [2.45, 2.75) is 37.9 Å². The van der Waals surface area contributed by atoms with Gasteiger partial charge >= 0.3 is 0 Å². The van der Waals surface area contributed by atoms with E-state index in [1.54, 1.807) is 4.90 Å². The molecule has 0 spiro atoms. The van der Waals surface area contributed by atoms with E-state index in [0.717, 1.165) is 36.1 Å². The Balaban J connectivity index is 1.51. The molecule has 2 aromatic rings. The quantitative estimate of drug-likeness (QED) is 0.798. The first-order valence-electron chi connectivity index (χ1n) is 9.71. The van der Waals surface area contributed by atoms with Gasteiger partial charge in [-0.25, -0.2) is 0 Å². The highest BCUT2D eigenvalue weighted by molar-refractivity contribution is 5.89. The molecule has 1 unspecified atom stereocenters. The second-order valence-electron chi connectivity index (χ2n) is 7.45. The fraction of sp³-hybridized carbons (Fsp3) is 0.364. The van der Waals surface area contributed by atoms with Crippen molar-refractivity contribution in [1.29, 1.82) is 0 Å². The lowest BCUT2D eigenvalue weighted by atomic mass is 9.87. The molecule has 0 saturated carbocycles. The number of benzene rings is 2. The summed E-state index contributed by atoms with van der Waals surface area (Å²) in [7, 11) is 0. The van der Waals surface area contributed by atoms with Crippen molar-refractivity contribution in [3.8, 4) is 0 Å². The molecule has 0 bridgehead atoms. The van der Waals surface area contributed by atoms with Gasteiger partial charge < -0.3 is 20.7 Å². The fourth-order valence-electron chi connectivity index (χ4n) is 4.05. The summed E-state index contributed by atoms with van der Waals surface area (Å²) in [5, 5.41) is 3.15. The number of morpholine rings is 1. The number of nitrogens with two attached hydrogens (primary N) is 1. The maximum absolute atomic E-state index is 13.1. The molecule has 146 valence electrons. The summed E-state index contributed by atoms with van der Waals surface area (Å²) < 4.78 is 5.39. The lowest BCUT2D eigenvalue weighted by Gasteiger charge is -2.36. The number of hydrogen-bond donors (Lipinski definition) is 2. The van der Waals surface area contributed by atoms with Crippen LogP contribution in [0.15, 0.2) is 48.5 Å². The number of rotatable bonds is 4. The van der Waals surface area contributed by atoms with Crippen molar-refractivity contribution < 1.29 is 14.3 Å². The van der Waals surface area contributed by atoms with Gasteiger partial charge in [-0.05, 0) is 48.1 Å². The normalized spacial score (nSPS) is 21.9. The van der Waals surface area contributed by atoms with Crippen LogP contribution >= 0.6 is 0 Å². The number of ether oxygens (including phenoxy) is 1. The van der Waals surface area contributed by atoms with Crippen molar-refractivity contribution >= 4 is 17.5 Å². The Bertz CT molecular complexity index is 869. The molecule has 1 fully saturated rings. The Morgan fingerprint density at radius 1 is 1.21 bits per heavy atom. The zero-order valence-electron chi connectivity index (χ0n) is 15.8. The van der Waals surface area contributed by atoms with E-state index in [2.05, 4.69) is 5.32 Å². The van der Waals surface area contributed by atoms with Crippen LogP contribution in [0.1, 0.15) is 35.6 Å². The minimum atomic E-state index is -0.624. The lowest BCUT2D eigenvalue weighted by Crippen LogP contribution is -2.56. The zero-order valence-corrected chi connectivity index (χ0v) is 15.8. The average Bonchev–Trinajstić information content (AvgIpc) is 2.70. The Hall–Kier alpha value is -2.86. The molecule has 28 heavy (non-hydrogen) atoms. The van der Waals surface area contributed by atoms with Crippen LogP contribution in [0, 0.1) is 0 Å². The topological polar surface area (TPSA) is 84.7 Å². The van der Waals surface area contributed by atoms with Crippen LogP contribution in [-0.4, -0.2) is 36.0 Å². The molecule has 2 atom stereocenters. The van der Waals surface area contributed by atoms with Gasteiger partial charge in [0.1, 0.15) is 12.6 Å². The molecule has 6 nitrogen and oxygen atoms in total. The summed E-state index contributed by atoms with van der Waals surface area (Å²) >= 11 is 0. The summed E-state index contributed by atoms with van der Waals surface area (Å²) in [4.78, 5) is 27.2. The molecular formula is C22H25N3O3. The van der Waals surface area contributed by atoms with Crippen LogP contribution in [0.3, 0.4) is 0 Å². The molecule has 1 saturated heterocycles.